The highest BCUT2D eigenvalue weighted by atomic mass is 19.2. The van der Waals surface area contributed by atoms with Crippen molar-refractivity contribution < 1.29 is 22.8 Å². The van der Waals surface area contributed by atoms with Crippen molar-refractivity contribution >= 4 is 11.9 Å². The maximum Gasteiger partial charge on any atom is 0.321 e. The van der Waals surface area contributed by atoms with Crippen molar-refractivity contribution in [2.24, 2.45) is 0 Å². The van der Waals surface area contributed by atoms with Crippen LogP contribution < -0.4 is 10.6 Å². The van der Waals surface area contributed by atoms with E-state index in [1.165, 1.54) is 0 Å². The average Bonchev–Trinajstić information content (AvgIpc) is 3.14. The fourth-order valence-corrected chi connectivity index (χ4v) is 1.52. The summed E-state index contributed by atoms with van der Waals surface area (Å²) < 4.78 is 39.8. The highest BCUT2D eigenvalue weighted by molar-refractivity contribution is 6.04. The van der Waals surface area contributed by atoms with Gasteiger partial charge in [0.05, 0.1) is 5.56 Å². The summed E-state index contributed by atoms with van der Waals surface area (Å²) in [6, 6.07) is -0.337. The summed E-state index contributed by atoms with van der Waals surface area (Å²) in [4.78, 5) is 22.9. The van der Waals surface area contributed by atoms with Crippen molar-refractivity contribution in [2.75, 3.05) is 0 Å². The monoisotopic (exact) mass is 272 g/mol. The second-order valence-corrected chi connectivity index (χ2v) is 4.36. The maximum absolute atomic E-state index is 13.6. The van der Waals surface area contributed by atoms with Gasteiger partial charge in [-0.05, 0) is 25.8 Å². The lowest BCUT2D eigenvalue weighted by atomic mass is 10.1. The summed E-state index contributed by atoms with van der Waals surface area (Å²) >= 11 is 0. The van der Waals surface area contributed by atoms with Gasteiger partial charge in [0.1, 0.15) is 5.82 Å². The van der Waals surface area contributed by atoms with Crippen molar-refractivity contribution in [3.8, 4) is 0 Å². The molecule has 3 amide bonds. The van der Waals surface area contributed by atoms with E-state index in [4.69, 9.17) is 0 Å². The number of halogens is 3. The number of carbonyl (C=O) groups is 2. The highest BCUT2D eigenvalue weighted by Crippen LogP contribution is 2.20. The molecule has 102 valence electrons. The zero-order valence-corrected chi connectivity index (χ0v) is 10.0. The Morgan fingerprint density at radius 1 is 1.21 bits per heavy atom. The number of urea groups is 1. The third kappa shape index (κ3) is 2.86. The van der Waals surface area contributed by atoms with E-state index >= 15 is 0 Å². The first-order chi connectivity index (χ1) is 8.90. The molecule has 1 saturated carbocycles. The molecule has 0 heterocycles. The second-order valence-electron chi connectivity index (χ2n) is 4.36. The number of nitrogens with one attached hydrogen (secondary N) is 2. The quantitative estimate of drug-likeness (QED) is 0.809. The van der Waals surface area contributed by atoms with Crippen molar-refractivity contribution in [3.63, 3.8) is 0 Å². The molecule has 0 aliphatic heterocycles. The SMILES string of the molecule is Cc1c(F)c(F)cc(C(=O)NC(=O)NC2CC2)c1F. The number of imide groups is 1. The zero-order chi connectivity index (χ0) is 14.2. The molecular weight excluding hydrogens is 261 g/mol. The summed E-state index contributed by atoms with van der Waals surface area (Å²) in [6.07, 6.45) is 1.64. The van der Waals surface area contributed by atoms with Gasteiger partial charge < -0.3 is 5.32 Å². The summed E-state index contributed by atoms with van der Waals surface area (Å²) in [7, 11) is 0. The van der Waals surface area contributed by atoms with Gasteiger partial charge in [-0.2, -0.15) is 0 Å². The van der Waals surface area contributed by atoms with Crippen molar-refractivity contribution in [1.29, 1.82) is 0 Å². The van der Waals surface area contributed by atoms with Crippen LogP contribution in [0.5, 0.6) is 0 Å². The van der Waals surface area contributed by atoms with Crippen LogP contribution in [0.4, 0.5) is 18.0 Å². The third-order valence-corrected chi connectivity index (χ3v) is 2.76. The molecule has 0 atom stereocenters. The van der Waals surface area contributed by atoms with Crippen LogP contribution in [-0.2, 0) is 0 Å². The Hall–Kier alpha value is -2.05. The molecule has 1 fully saturated rings. The predicted molar refractivity (Wildman–Crippen MR) is 60.1 cm³/mol. The van der Waals surface area contributed by atoms with Crippen LogP contribution in [0.3, 0.4) is 0 Å². The first-order valence-electron chi connectivity index (χ1n) is 5.66. The molecule has 7 heteroatoms. The Bertz CT molecular complexity index is 556. The molecule has 0 bridgehead atoms. The first kappa shape index (κ1) is 13.4. The van der Waals surface area contributed by atoms with Gasteiger partial charge in [-0.15, -0.1) is 0 Å². The minimum Gasteiger partial charge on any atom is -0.335 e. The number of hydrogen-bond acceptors (Lipinski definition) is 2. The number of rotatable bonds is 2. The Kier molecular flexibility index (Phi) is 3.46. The van der Waals surface area contributed by atoms with Crippen LogP contribution in [0.15, 0.2) is 6.07 Å². The smallest absolute Gasteiger partial charge is 0.321 e. The van der Waals surface area contributed by atoms with E-state index in [9.17, 15) is 22.8 Å². The normalized spacial score (nSPS) is 14.1. The average molecular weight is 272 g/mol. The molecule has 0 saturated heterocycles. The lowest BCUT2D eigenvalue weighted by Gasteiger charge is -2.08. The molecule has 1 aliphatic rings. The Balaban J connectivity index is 2.16. The molecule has 2 N–H and O–H groups in total. The van der Waals surface area contributed by atoms with Crippen LogP contribution in [0.1, 0.15) is 28.8 Å². The van der Waals surface area contributed by atoms with Crippen LogP contribution in [0, 0.1) is 24.4 Å². The van der Waals surface area contributed by atoms with Gasteiger partial charge in [0.2, 0.25) is 0 Å². The van der Waals surface area contributed by atoms with E-state index < -0.39 is 40.5 Å². The molecule has 1 aromatic carbocycles. The lowest BCUT2D eigenvalue weighted by Crippen LogP contribution is -2.40. The van der Waals surface area contributed by atoms with Crippen molar-refractivity contribution in [3.05, 3.63) is 34.6 Å². The molecule has 19 heavy (non-hydrogen) atoms. The minimum absolute atomic E-state index is 0.0179. The van der Waals surface area contributed by atoms with E-state index in [0.29, 0.717) is 6.07 Å². The highest BCUT2D eigenvalue weighted by Gasteiger charge is 2.26. The molecule has 1 aliphatic carbocycles. The van der Waals surface area contributed by atoms with Gasteiger partial charge in [0, 0.05) is 11.6 Å². The number of amides is 3. The molecule has 0 aromatic heterocycles. The minimum atomic E-state index is -1.35. The summed E-state index contributed by atoms with van der Waals surface area (Å²) in [6.45, 7) is 1.01. The number of benzene rings is 1. The molecule has 0 radical (unpaired) electrons. The van der Waals surface area contributed by atoms with Gasteiger partial charge in [-0.1, -0.05) is 0 Å². The summed E-state index contributed by atoms with van der Waals surface area (Å²) in [5, 5.41) is 4.32. The summed E-state index contributed by atoms with van der Waals surface area (Å²) in [5.74, 6) is -4.99. The molecular formula is C12H11F3N2O2. The molecule has 1 aromatic rings. The van der Waals surface area contributed by atoms with E-state index in [0.717, 1.165) is 19.8 Å². The second kappa shape index (κ2) is 4.91. The molecule has 2 rings (SSSR count). The first-order valence-corrected chi connectivity index (χ1v) is 5.66. The van der Waals surface area contributed by atoms with E-state index in [1.54, 1.807) is 0 Å². The molecule has 4 nitrogen and oxygen atoms in total. The van der Waals surface area contributed by atoms with Gasteiger partial charge in [0.15, 0.2) is 11.6 Å². The van der Waals surface area contributed by atoms with E-state index in [1.807, 2.05) is 5.32 Å². The van der Waals surface area contributed by atoms with Crippen LogP contribution in [0.25, 0.3) is 0 Å². The molecule has 0 spiro atoms. The third-order valence-electron chi connectivity index (χ3n) is 2.76. The topological polar surface area (TPSA) is 58.2 Å². The summed E-state index contributed by atoms with van der Waals surface area (Å²) in [5.41, 5.74) is -1.31. The van der Waals surface area contributed by atoms with Crippen molar-refractivity contribution in [2.45, 2.75) is 25.8 Å². The largest absolute Gasteiger partial charge is 0.335 e. The van der Waals surface area contributed by atoms with Crippen LogP contribution in [-0.4, -0.2) is 18.0 Å². The van der Waals surface area contributed by atoms with E-state index in [2.05, 4.69) is 5.32 Å². The Labute approximate surface area is 107 Å². The number of carbonyl (C=O) groups excluding carboxylic acids is 2. The van der Waals surface area contributed by atoms with Gasteiger partial charge in [-0.3, -0.25) is 10.1 Å². The van der Waals surface area contributed by atoms with Crippen molar-refractivity contribution in [1.82, 2.24) is 10.6 Å². The van der Waals surface area contributed by atoms with E-state index in [-0.39, 0.29) is 6.04 Å². The Morgan fingerprint density at radius 3 is 2.42 bits per heavy atom. The lowest BCUT2D eigenvalue weighted by molar-refractivity contribution is 0.0959. The fraction of sp³-hybridized carbons (Fsp3) is 0.333. The van der Waals surface area contributed by atoms with Gasteiger partial charge in [0.25, 0.3) is 5.91 Å². The standard InChI is InChI=1S/C12H11F3N2O2/c1-5-9(14)7(4-8(13)10(5)15)11(18)17-12(19)16-6-2-3-6/h4,6H,2-3H2,1H3,(H2,16,17,18,19). The fourth-order valence-electron chi connectivity index (χ4n) is 1.52. The zero-order valence-electron chi connectivity index (χ0n) is 10.0. The predicted octanol–water partition coefficient (Wildman–Crippen LogP) is 2.01. The number of hydrogen-bond donors (Lipinski definition) is 2. The molecule has 0 unspecified atom stereocenters. The van der Waals surface area contributed by atoms with Crippen LogP contribution >= 0.6 is 0 Å². The maximum atomic E-state index is 13.6. The van der Waals surface area contributed by atoms with Gasteiger partial charge >= 0.3 is 6.03 Å². The van der Waals surface area contributed by atoms with Crippen LogP contribution in [0.2, 0.25) is 0 Å². The van der Waals surface area contributed by atoms with Gasteiger partial charge in [-0.25, -0.2) is 18.0 Å². The Morgan fingerprint density at radius 2 is 1.84 bits per heavy atom.